The first kappa shape index (κ1) is 20.4. The van der Waals surface area contributed by atoms with E-state index in [-0.39, 0.29) is 11.2 Å². The van der Waals surface area contributed by atoms with Crippen LogP contribution in [0.1, 0.15) is 31.7 Å². The van der Waals surface area contributed by atoms with Gasteiger partial charge in [-0.25, -0.2) is 0 Å². The third-order valence-corrected chi connectivity index (χ3v) is 5.73. The normalized spacial score (nSPS) is 13.1. The highest BCUT2D eigenvalue weighted by Crippen LogP contribution is 2.24. The number of aromatic nitrogens is 4. The van der Waals surface area contributed by atoms with E-state index in [0.29, 0.717) is 22.6 Å². The lowest BCUT2D eigenvalue weighted by atomic mass is 9.96. The molecule has 0 radical (unpaired) electrons. The number of nitrogens with zero attached hydrogens (tertiary/aromatic N) is 4. The molecule has 0 spiro atoms. The Morgan fingerprint density at radius 1 is 1.18 bits per heavy atom. The van der Waals surface area contributed by atoms with Crippen LogP contribution < -0.4 is 5.32 Å². The molecule has 0 aliphatic heterocycles. The van der Waals surface area contributed by atoms with Gasteiger partial charge in [-0.1, -0.05) is 60.6 Å². The van der Waals surface area contributed by atoms with Gasteiger partial charge in [0.2, 0.25) is 11.1 Å². The van der Waals surface area contributed by atoms with Gasteiger partial charge in [0.1, 0.15) is 0 Å². The van der Waals surface area contributed by atoms with Crippen LogP contribution in [0.5, 0.6) is 0 Å². The maximum absolute atomic E-state index is 12.6. The maximum Gasteiger partial charge on any atom is 0.233 e. The van der Waals surface area contributed by atoms with Crippen LogP contribution in [-0.2, 0) is 4.79 Å². The zero-order chi connectivity index (χ0) is 19.9. The molecule has 2 atom stereocenters. The first-order valence-corrected chi connectivity index (χ1v) is 10.4. The van der Waals surface area contributed by atoms with Crippen molar-refractivity contribution in [1.82, 2.24) is 25.5 Å². The summed E-state index contributed by atoms with van der Waals surface area (Å²) in [6.45, 7) is 4.58. The molecule has 146 valence electrons. The van der Waals surface area contributed by atoms with Gasteiger partial charge in [-0.3, -0.25) is 4.79 Å². The monoisotopic (exact) mass is 415 g/mol. The lowest BCUT2D eigenvalue weighted by molar-refractivity contribution is -0.120. The van der Waals surface area contributed by atoms with Gasteiger partial charge < -0.3 is 5.32 Å². The van der Waals surface area contributed by atoms with Crippen molar-refractivity contribution in [2.75, 3.05) is 6.54 Å². The summed E-state index contributed by atoms with van der Waals surface area (Å²) in [5.41, 5.74) is 2.02. The number of hydrogen-bond acceptors (Lipinski definition) is 5. The fourth-order valence-electron chi connectivity index (χ4n) is 2.80. The topological polar surface area (TPSA) is 72.7 Å². The number of rotatable bonds is 8. The minimum absolute atomic E-state index is 0.0370. The Morgan fingerprint density at radius 2 is 1.89 bits per heavy atom. The molecule has 6 nitrogen and oxygen atoms in total. The first-order valence-electron chi connectivity index (χ1n) is 9.12. The quantitative estimate of drug-likeness (QED) is 0.560. The Labute approximate surface area is 173 Å². The van der Waals surface area contributed by atoms with Crippen LogP contribution in [0, 0.1) is 0 Å². The first-order chi connectivity index (χ1) is 13.6. The molecule has 1 N–H and O–H groups in total. The summed E-state index contributed by atoms with van der Waals surface area (Å²) in [6, 6.07) is 17.5. The predicted molar refractivity (Wildman–Crippen MR) is 112 cm³/mol. The number of carbonyl (C=O) groups is 1. The second kappa shape index (κ2) is 9.71. The second-order valence-corrected chi connectivity index (χ2v) is 8.12. The average Bonchev–Trinajstić information content (AvgIpc) is 3.17. The van der Waals surface area contributed by atoms with Crippen LogP contribution >= 0.6 is 23.4 Å². The van der Waals surface area contributed by atoms with Crippen LogP contribution in [-0.4, -0.2) is 37.9 Å². The average molecular weight is 416 g/mol. The van der Waals surface area contributed by atoms with Gasteiger partial charge >= 0.3 is 0 Å². The van der Waals surface area contributed by atoms with Gasteiger partial charge in [0.15, 0.2) is 0 Å². The molecule has 3 aromatic rings. The van der Waals surface area contributed by atoms with E-state index in [1.165, 1.54) is 17.3 Å². The van der Waals surface area contributed by atoms with E-state index in [4.69, 9.17) is 11.6 Å². The number of tetrazole rings is 1. The molecule has 0 aliphatic rings. The van der Waals surface area contributed by atoms with Crippen molar-refractivity contribution in [3.8, 4) is 5.69 Å². The van der Waals surface area contributed by atoms with Crippen molar-refractivity contribution >= 4 is 29.3 Å². The Bertz CT molecular complexity index is 900. The van der Waals surface area contributed by atoms with Crippen molar-refractivity contribution in [3.05, 3.63) is 65.2 Å². The van der Waals surface area contributed by atoms with Crippen LogP contribution in [0.3, 0.4) is 0 Å². The molecule has 8 heteroatoms. The summed E-state index contributed by atoms with van der Waals surface area (Å²) in [5.74, 6) is 0.256. The Hall–Kier alpha value is -2.38. The van der Waals surface area contributed by atoms with Crippen LogP contribution in [0.4, 0.5) is 0 Å². The van der Waals surface area contributed by atoms with Crippen LogP contribution in [0.2, 0.25) is 5.02 Å². The fraction of sp³-hybridized carbons (Fsp3) is 0.300. The minimum Gasteiger partial charge on any atom is -0.355 e. The van der Waals surface area contributed by atoms with E-state index in [1.54, 1.807) is 16.8 Å². The molecule has 0 unspecified atom stereocenters. The fourth-order valence-corrected chi connectivity index (χ4v) is 3.76. The Balaban J connectivity index is 1.60. The van der Waals surface area contributed by atoms with Crippen molar-refractivity contribution in [2.45, 2.75) is 36.6 Å². The number of hydrogen-bond donors (Lipinski definition) is 1. The molecule has 3 rings (SSSR count). The summed E-state index contributed by atoms with van der Waals surface area (Å²) in [5, 5.41) is 15.7. The molecular weight excluding hydrogens is 394 g/mol. The molecule has 1 heterocycles. The number of amides is 1. The van der Waals surface area contributed by atoms with Crippen molar-refractivity contribution < 1.29 is 4.79 Å². The summed E-state index contributed by atoms with van der Waals surface area (Å²) in [7, 11) is 0. The number of carbonyl (C=O) groups excluding carboxylic acids is 1. The second-order valence-electron chi connectivity index (χ2n) is 6.37. The lowest BCUT2D eigenvalue weighted by Gasteiger charge is -2.18. The largest absolute Gasteiger partial charge is 0.355 e. The summed E-state index contributed by atoms with van der Waals surface area (Å²) in [4.78, 5) is 12.6. The SMILES string of the molecule is CC[C@@H](CNC(=O)[C@H](C)Sc1nnnn1-c1ccc(Cl)cc1)c1ccccc1. The van der Waals surface area contributed by atoms with E-state index in [2.05, 4.69) is 39.9 Å². The minimum atomic E-state index is -0.328. The molecule has 0 saturated carbocycles. The highest BCUT2D eigenvalue weighted by Gasteiger charge is 2.20. The smallest absolute Gasteiger partial charge is 0.233 e. The van der Waals surface area contributed by atoms with Crippen molar-refractivity contribution in [1.29, 1.82) is 0 Å². The third-order valence-electron chi connectivity index (χ3n) is 4.45. The zero-order valence-electron chi connectivity index (χ0n) is 15.7. The van der Waals surface area contributed by atoms with Gasteiger partial charge in [0.25, 0.3) is 0 Å². The van der Waals surface area contributed by atoms with Crippen molar-refractivity contribution in [3.63, 3.8) is 0 Å². The van der Waals surface area contributed by atoms with Gasteiger partial charge in [-0.15, -0.1) is 5.10 Å². The van der Waals surface area contributed by atoms with Gasteiger partial charge in [-0.2, -0.15) is 4.68 Å². The van der Waals surface area contributed by atoms with Gasteiger partial charge in [0.05, 0.1) is 10.9 Å². The Morgan fingerprint density at radius 3 is 2.57 bits per heavy atom. The predicted octanol–water partition coefficient (Wildman–Crippen LogP) is 4.11. The highest BCUT2D eigenvalue weighted by atomic mass is 35.5. The van der Waals surface area contributed by atoms with Crippen LogP contribution in [0.15, 0.2) is 59.8 Å². The van der Waals surface area contributed by atoms with E-state index in [0.717, 1.165) is 12.1 Å². The number of thioether (sulfide) groups is 1. The van der Waals surface area contributed by atoms with E-state index >= 15 is 0 Å². The summed E-state index contributed by atoms with van der Waals surface area (Å²) in [6.07, 6.45) is 0.959. The third kappa shape index (κ3) is 5.11. The number of halogens is 1. The zero-order valence-corrected chi connectivity index (χ0v) is 17.3. The molecule has 0 saturated heterocycles. The lowest BCUT2D eigenvalue weighted by Crippen LogP contribution is -2.34. The summed E-state index contributed by atoms with van der Waals surface area (Å²) >= 11 is 7.26. The highest BCUT2D eigenvalue weighted by molar-refractivity contribution is 8.00. The molecule has 28 heavy (non-hydrogen) atoms. The van der Waals surface area contributed by atoms with Crippen LogP contribution in [0.25, 0.3) is 5.69 Å². The van der Waals surface area contributed by atoms with Gasteiger partial charge in [0, 0.05) is 17.5 Å². The molecule has 1 aromatic heterocycles. The Kier molecular flexibility index (Phi) is 7.06. The summed E-state index contributed by atoms with van der Waals surface area (Å²) < 4.78 is 1.60. The van der Waals surface area contributed by atoms with E-state index < -0.39 is 0 Å². The van der Waals surface area contributed by atoms with E-state index in [9.17, 15) is 4.79 Å². The maximum atomic E-state index is 12.6. The molecule has 0 fully saturated rings. The standard InChI is InChI=1S/C20H22ClN5OS/c1-3-15(16-7-5-4-6-8-16)13-22-19(27)14(2)28-20-23-24-25-26(20)18-11-9-17(21)10-12-18/h4-12,14-15H,3,13H2,1-2H3,(H,22,27)/t14-,15-/m0/s1. The molecule has 0 aliphatic carbocycles. The molecular formula is C20H22ClN5OS. The van der Waals surface area contributed by atoms with E-state index in [1.807, 2.05) is 37.3 Å². The molecule has 1 amide bonds. The molecule has 0 bridgehead atoms. The van der Waals surface area contributed by atoms with Gasteiger partial charge in [-0.05, 0) is 53.6 Å². The number of nitrogens with one attached hydrogen (secondary N) is 1. The van der Waals surface area contributed by atoms with Crippen molar-refractivity contribution in [2.24, 2.45) is 0 Å². The number of benzene rings is 2. The molecule has 2 aromatic carbocycles.